The quantitative estimate of drug-likeness (QED) is 0.280. The lowest BCUT2D eigenvalue weighted by molar-refractivity contribution is 0.104. The Morgan fingerprint density at radius 2 is 1.24 bits per heavy atom. The fourth-order valence-corrected chi connectivity index (χ4v) is 5.21. The van der Waals surface area contributed by atoms with Crippen LogP contribution >= 0.6 is 0 Å². The van der Waals surface area contributed by atoms with E-state index in [1.54, 1.807) is 0 Å². The summed E-state index contributed by atoms with van der Waals surface area (Å²) in [5.74, 6) is 1.86. The molecule has 0 aliphatic heterocycles. The maximum atomic E-state index is 13.1. The van der Waals surface area contributed by atoms with Gasteiger partial charge in [0.15, 0.2) is 5.78 Å². The van der Waals surface area contributed by atoms with Crippen LogP contribution in [0.2, 0.25) is 0 Å². The minimum atomic E-state index is 0.0861. The summed E-state index contributed by atoms with van der Waals surface area (Å²) in [4.78, 5) is 13.1. The van der Waals surface area contributed by atoms with E-state index < -0.39 is 0 Å². The average molecular weight is 376 g/mol. The van der Waals surface area contributed by atoms with Gasteiger partial charge in [-0.25, -0.2) is 0 Å². The zero-order valence-electron chi connectivity index (χ0n) is 16.3. The molecule has 4 atom stereocenters. The molecule has 0 saturated heterocycles. The summed E-state index contributed by atoms with van der Waals surface area (Å²) in [5.41, 5.74) is 4.45. The van der Waals surface area contributed by atoms with E-state index in [0.29, 0.717) is 23.7 Å². The van der Waals surface area contributed by atoms with Crippen LogP contribution in [0.25, 0.3) is 5.57 Å². The largest absolute Gasteiger partial charge is 0.289 e. The molecular weight excluding hydrogens is 352 g/mol. The third-order valence-corrected chi connectivity index (χ3v) is 6.45. The lowest BCUT2D eigenvalue weighted by Crippen LogP contribution is -2.20. The van der Waals surface area contributed by atoms with Crippen LogP contribution in [-0.2, 0) is 0 Å². The topological polar surface area (TPSA) is 17.1 Å². The SMILES string of the molecule is O=C(/C=C(\c1ccccc1)[C@@H]1[C@@H](c2ccccc2)[C@H]2C=C[C@H]1C2)c1ccccc1. The second-order valence-electron chi connectivity index (χ2n) is 8.11. The molecule has 2 bridgehead atoms. The minimum Gasteiger partial charge on any atom is -0.289 e. The maximum absolute atomic E-state index is 13.1. The van der Waals surface area contributed by atoms with Crippen LogP contribution in [0.3, 0.4) is 0 Å². The highest BCUT2D eigenvalue weighted by molar-refractivity contribution is 6.08. The molecule has 3 aromatic carbocycles. The van der Waals surface area contributed by atoms with E-state index in [1.165, 1.54) is 17.6 Å². The number of rotatable bonds is 5. The standard InChI is InChI=1S/C28H24O/c29-26(21-12-6-2-7-13-21)19-25(20-10-4-1-5-11-20)28-24-17-16-23(18-24)27(28)22-14-8-3-9-15-22/h1-17,19,23-24,27-28H,18H2/b25-19+/t23-,24-,27-,28+/m0/s1. The first-order valence-electron chi connectivity index (χ1n) is 10.4. The molecule has 2 aliphatic rings. The molecule has 0 aromatic heterocycles. The summed E-state index contributed by atoms with van der Waals surface area (Å²) >= 11 is 0. The van der Waals surface area contributed by atoms with E-state index in [9.17, 15) is 4.79 Å². The number of benzene rings is 3. The first-order chi connectivity index (χ1) is 14.3. The predicted molar refractivity (Wildman–Crippen MR) is 119 cm³/mol. The van der Waals surface area contributed by atoms with Crippen LogP contribution in [0.5, 0.6) is 0 Å². The Morgan fingerprint density at radius 3 is 1.90 bits per heavy atom. The number of fused-ring (bicyclic) bond motifs is 2. The molecule has 0 spiro atoms. The van der Waals surface area contributed by atoms with E-state index in [2.05, 4.69) is 66.7 Å². The van der Waals surface area contributed by atoms with Gasteiger partial charge in [-0.3, -0.25) is 4.79 Å². The lowest BCUT2D eigenvalue weighted by Gasteiger charge is -2.31. The van der Waals surface area contributed by atoms with Crippen LogP contribution < -0.4 is 0 Å². The van der Waals surface area contributed by atoms with Gasteiger partial charge in [0, 0.05) is 5.56 Å². The molecular formula is C28H24O. The number of carbonyl (C=O) groups is 1. The highest BCUT2D eigenvalue weighted by atomic mass is 16.1. The number of allylic oxidation sites excluding steroid dienone is 4. The Bertz CT molecular complexity index is 1050. The van der Waals surface area contributed by atoms with Crippen molar-refractivity contribution in [3.63, 3.8) is 0 Å². The zero-order valence-corrected chi connectivity index (χ0v) is 16.3. The first kappa shape index (κ1) is 17.9. The van der Waals surface area contributed by atoms with Crippen molar-refractivity contribution < 1.29 is 4.79 Å². The van der Waals surface area contributed by atoms with E-state index in [0.717, 1.165) is 11.1 Å². The molecule has 1 saturated carbocycles. The zero-order chi connectivity index (χ0) is 19.6. The fraction of sp³-hybridized carbons (Fsp3) is 0.179. The Morgan fingerprint density at radius 1 is 0.690 bits per heavy atom. The summed E-state index contributed by atoms with van der Waals surface area (Å²) in [7, 11) is 0. The Kier molecular flexibility index (Phi) is 4.73. The van der Waals surface area contributed by atoms with Gasteiger partial charge in [0.1, 0.15) is 0 Å². The van der Waals surface area contributed by atoms with Gasteiger partial charge in [0.05, 0.1) is 0 Å². The second-order valence-corrected chi connectivity index (χ2v) is 8.11. The molecule has 1 heteroatoms. The van der Waals surface area contributed by atoms with E-state index in [-0.39, 0.29) is 5.78 Å². The van der Waals surface area contributed by atoms with Crippen molar-refractivity contribution in [3.05, 3.63) is 126 Å². The first-order valence-corrected chi connectivity index (χ1v) is 10.4. The normalized spacial score (nSPS) is 25.3. The molecule has 0 amide bonds. The Hall–Kier alpha value is -3.19. The smallest absolute Gasteiger partial charge is 0.186 e. The van der Waals surface area contributed by atoms with Crippen molar-refractivity contribution in [1.82, 2.24) is 0 Å². The molecule has 2 aliphatic carbocycles. The third kappa shape index (κ3) is 3.38. The van der Waals surface area contributed by atoms with Crippen molar-refractivity contribution in [3.8, 4) is 0 Å². The van der Waals surface area contributed by atoms with Crippen molar-refractivity contribution in [2.45, 2.75) is 12.3 Å². The molecule has 142 valence electrons. The van der Waals surface area contributed by atoms with Gasteiger partial charge in [0.25, 0.3) is 0 Å². The van der Waals surface area contributed by atoms with Gasteiger partial charge in [-0.05, 0) is 52.9 Å². The molecule has 1 nitrogen and oxygen atoms in total. The summed E-state index contributed by atoms with van der Waals surface area (Å²) < 4.78 is 0. The van der Waals surface area contributed by atoms with Crippen molar-refractivity contribution in [2.75, 3.05) is 0 Å². The van der Waals surface area contributed by atoms with Crippen LogP contribution in [0.15, 0.2) is 109 Å². The number of hydrogen-bond donors (Lipinski definition) is 0. The monoisotopic (exact) mass is 376 g/mol. The molecule has 29 heavy (non-hydrogen) atoms. The second kappa shape index (κ2) is 7.67. The molecule has 0 heterocycles. The number of ketones is 1. The fourth-order valence-electron chi connectivity index (χ4n) is 5.21. The molecule has 3 aromatic rings. The number of carbonyl (C=O) groups excluding carboxylic acids is 1. The highest BCUT2D eigenvalue weighted by Gasteiger charge is 2.46. The van der Waals surface area contributed by atoms with Gasteiger partial charge >= 0.3 is 0 Å². The van der Waals surface area contributed by atoms with Gasteiger partial charge < -0.3 is 0 Å². The molecule has 0 N–H and O–H groups in total. The highest BCUT2D eigenvalue weighted by Crippen LogP contribution is 2.57. The van der Waals surface area contributed by atoms with Crippen LogP contribution in [0, 0.1) is 17.8 Å². The minimum absolute atomic E-state index is 0.0861. The van der Waals surface area contributed by atoms with Crippen molar-refractivity contribution >= 4 is 11.4 Å². The van der Waals surface area contributed by atoms with Gasteiger partial charge in [-0.15, -0.1) is 0 Å². The van der Waals surface area contributed by atoms with Crippen molar-refractivity contribution in [1.29, 1.82) is 0 Å². The summed E-state index contributed by atoms with van der Waals surface area (Å²) in [6.07, 6.45) is 7.84. The summed E-state index contributed by atoms with van der Waals surface area (Å²) in [5, 5.41) is 0. The molecule has 1 fully saturated rings. The molecule has 0 unspecified atom stereocenters. The van der Waals surface area contributed by atoms with Crippen LogP contribution in [0.1, 0.15) is 33.8 Å². The van der Waals surface area contributed by atoms with Gasteiger partial charge in [-0.1, -0.05) is 103 Å². The summed E-state index contributed by atoms with van der Waals surface area (Å²) in [6, 6.07) is 30.9. The van der Waals surface area contributed by atoms with E-state index in [4.69, 9.17) is 0 Å². The molecule has 5 rings (SSSR count). The maximum Gasteiger partial charge on any atom is 0.186 e. The van der Waals surface area contributed by atoms with Gasteiger partial charge in [-0.2, -0.15) is 0 Å². The van der Waals surface area contributed by atoms with Crippen molar-refractivity contribution in [2.24, 2.45) is 17.8 Å². The Labute approximate surface area is 172 Å². The van der Waals surface area contributed by atoms with Crippen LogP contribution in [0.4, 0.5) is 0 Å². The Balaban J connectivity index is 1.62. The number of hydrogen-bond acceptors (Lipinski definition) is 1. The lowest BCUT2D eigenvalue weighted by atomic mass is 9.72. The predicted octanol–water partition coefficient (Wildman–Crippen LogP) is 6.56. The van der Waals surface area contributed by atoms with Gasteiger partial charge in [0.2, 0.25) is 0 Å². The third-order valence-electron chi connectivity index (χ3n) is 6.45. The van der Waals surface area contributed by atoms with E-state index in [1.807, 2.05) is 42.5 Å². The average Bonchev–Trinajstić information content (AvgIpc) is 3.41. The summed E-state index contributed by atoms with van der Waals surface area (Å²) in [6.45, 7) is 0. The van der Waals surface area contributed by atoms with Crippen LogP contribution in [-0.4, -0.2) is 5.78 Å². The molecule has 0 radical (unpaired) electrons. The van der Waals surface area contributed by atoms with E-state index >= 15 is 0 Å².